The van der Waals surface area contributed by atoms with E-state index in [4.69, 9.17) is 0 Å². The van der Waals surface area contributed by atoms with Gasteiger partial charge in [-0.15, -0.1) is 0 Å². The number of imidazole rings is 1. The molecule has 3 aromatic heterocycles. The number of aromatic nitrogens is 4. The number of halogens is 3. The Morgan fingerprint density at radius 2 is 2.19 bits per heavy atom. The topological polar surface area (TPSA) is 78.3 Å². The summed E-state index contributed by atoms with van der Waals surface area (Å²) in [5.74, 6) is 0.142. The fourth-order valence-corrected chi connectivity index (χ4v) is 3.89. The monoisotopic (exact) mass is 380 g/mol. The van der Waals surface area contributed by atoms with Crippen LogP contribution in [0, 0.1) is 5.92 Å². The van der Waals surface area contributed by atoms with Crippen molar-refractivity contribution in [2.45, 2.75) is 32.0 Å². The first-order chi connectivity index (χ1) is 12.9. The molecule has 4 rings (SSSR count). The van der Waals surface area contributed by atoms with Gasteiger partial charge in [0.1, 0.15) is 6.54 Å². The summed E-state index contributed by atoms with van der Waals surface area (Å²) in [7, 11) is 0. The highest BCUT2D eigenvalue weighted by Crippen LogP contribution is 2.40. The van der Waals surface area contributed by atoms with Crippen molar-refractivity contribution in [1.29, 1.82) is 0 Å². The van der Waals surface area contributed by atoms with Crippen LogP contribution in [0.3, 0.4) is 0 Å². The molecule has 0 bridgehead atoms. The standard InChI is InChI=1S/C17H19F3N6O/c1-2-10-4-6-25(16(27)24-9-17(18,19)20)14(10)12-7-22-13-8-23-15-11(26(12)13)3-5-21-15/h3,5,7-8,10,14,21H,2,4,6,9H2,1H3,(H,24,27)/t10-,14?/m0/s1. The van der Waals surface area contributed by atoms with Gasteiger partial charge in [-0.05, 0) is 18.4 Å². The lowest BCUT2D eigenvalue weighted by Crippen LogP contribution is -2.44. The third kappa shape index (κ3) is 3.08. The summed E-state index contributed by atoms with van der Waals surface area (Å²) in [5.41, 5.74) is 2.91. The second-order valence-electron chi connectivity index (χ2n) is 6.72. The largest absolute Gasteiger partial charge is 0.405 e. The highest BCUT2D eigenvalue weighted by molar-refractivity contribution is 5.77. The van der Waals surface area contributed by atoms with Gasteiger partial charge in [-0.2, -0.15) is 13.2 Å². The lowest BCUT2D eigenvalue weighted by Gasteiger charge is -2.28. The number of aromatic amines is 1. The second-order valence-corrected chi connectivity index (χ2v) is 6.72. The van der Waals surface area contributed by atoms with E-state index in [1.165, 1.54) is 4.90 Å². The van der Waals surface area contributed by atoms with E-state index in [9.17, 15) is 18.0 Å². The van der Waals surface area contributed by atoms with Crippen LogP contribution in [-0.4, -0.2) is 49.5 Å². The van der Waals surface area contributed by atoms with Crippen molar-refractivity contribution in [2.24, 2.45) is 5.92 Å². The summed E-state index contributed by atoms with van der Waals surface area (Å²) in [6.07, 6.45) is 2.18. The maximum absolute atomic E-state index is 12.5. The van der Waals surface area contributed by atoms with E-state index < -0.39 is 18.8 Å². The van der Waals surface area contributed by atoms with E-state index in [1.807, 2.05) is 22.7 Å². The Morgan fingerprint density at radius 3 is 2.93 bits per heavy atom. The third-order valence-electron chi connectivity index (χ3n) is 5.12. The number of nitrogens with zero attached hydrogens (tertiary/aromatic N) is 4. The molecule has 2 amide bonds. The lowest BCUT2D eigenvalue weighted by molar-refractivity contribution is -0.123. The van der Waals surface area contributed by atoms with Crippen LogP contribution >= 0.6 is 0 Å². The lowest BCUT2D eigenvalue weighted by atomic mass is 9.95. The van der Waals surface area contributed by atoms with Crippen molar-refractivity contribution in [3.8, 4) is 0 Å². The van der Waals surface area contributed by atoms with E-state index in [1.54, 1.807) is 18.6 Å². The normalized spacial score (nSPS) is 20.7. The molecule has 0 aromatic carbocycles. The molecule has 4 heterocycles. The Kier molecular flexibility index (Phi) is 4.20. The molecular weight excluding hydrogens is 361 g/mol. The molecule has 1 fully saturated rings. The van der Waals surface area contributed by atoms with E-state index in [0.717, 1.165) is 24.1 Å². The number of hydrogen-bond acceptors (Lipinski definition) is 3. The molecular formula is C17H19F3N6O. The first kappa shape index (κ1) is 17.6. The molecule has 0 spiro atoms. The van der Waals surface area contributed by atoms with Crippen molar-refractivity contribution < 1.29 is 18.0 Å². The molecule has 0 aliphatic carbocycles. The Labute approximate surface area is 152 Å². The number of fused-ring (bicyclic) bond motifs is 3. The highest BCUT2D eigenvalue weighted by Gasteiger charge is 2.40. The maximum Gasteiger partial charge on any atom is 0.405 e. The molecule has 7 nitrogen and oxygen atoms in total. The van der Waals surface area contributed by atoms with E-state index in [-0.39, 0.29) is 12.0 Å². The summed E-state index contributed by atoms with van der Waals surface area (Å²) in [5, 5.41) is 2.00. The smallest absolute Gasteiger partial charge is 0.345 e. The van der Waals surface area contributed by atoms with Gasteiger partial charge in [0.2, 0.25) is 0 Å². The fraction of sp³-hybridized carbons (Fsp3) is 0.471. The van der Waals surface area contributed by atoms with Crippen molar-refractivity contribution in [1.82, 2.24) is 29.6 Å². The summed E-state index contributed by atoms with van der Waals surface area (Å²) >= 11 is 0. The molecule has 2 atom stereocenters. The van der Waals surface area contributed by atoms with Crippen LogP contribution in [0.1, 0.15) is 31.5 Å². The van der Waals surface area contributed by atoms with E-state index in [2.05, 4.69) is 15.0 Å². The number of likely N-dealkylation sites (tertiary alicyclic amines) is 1. The van der Waals surface area contributed by atoms with Crippen LogP contribution in [-0.2, 0) is 0 Å². The van der Waals surface area contributed by atoms with Crippen molar-refractivity contribution >= 4 is 22.8 Å². The Balaban J connectivity index is 1.74. The molecule has 27 heavy (non-hydrogen) atoms. The average Bonchev–Trinajstić information content (AvgIpc) is 3.33. The predicted octanol–water partition coefficient (Wildman–Crippen LogP) is 3.26. The van der Waals surface area contributed by atoms with Gasteiger partial charge in [0.05, 0.1) is 29.6 Å². The molecule has 0 radical (unpaired) electrons. The van der Waals surface area contributed by atoms with Gasteiger partial charge in [-0.25, -0.2) is 14.8 Å². The van der Waals surface area contributed by atoms with Crippen LogP contribution in [0.25, 0.3) is 16.8 Å². The number of rotatable bonds is 3. The van der Waals surface area contributed by atoms with Gasteiger partial charge in [0.25, 0.3) is 0 Å². The minimum Gasteiger partial charge on any atom is -0.345 e. The van der Waals surface area contributed by atoms with Gasteiger partial charge in [-0.1, -0.05) is 13.3 Å². The summed E-state index contributed by atoms with van der Waals surface area (Å²) < 4.78 is 39.4. The number of nitrogens with one attached hydrogen (secondary N) is 2. The summed E-state index contributed by atoms with van der Waals surface area (Å²) in [6, 6.07) is 0.811. The zero-order chi connectivity index (χ0) is 19.2. The molecule has 10 heteroatoms. The number of amides is 2. The van der Waals surface area contributed by atoms with Gasteiger partial charge in [0, 0.05) is 12.7 Å². The average molecular weight is 380 g/mol. The van der Waals surface area contributed by atoms with Gasteiger partial charge >= 0.3 is 12.2 Å². The Hall–Kier alpha value is -2.78. The Morgan fingerprint density at radius 1 is 1.37 bits per heavy atom. The number of urea groups is 1. The molecule has 1 saturated heterocycles. The van der Waals surface area contributed by atoms with Crippen LogP contribution < -0.4 is 5.32 Å². The number of hydrogen-bond donors (Lipinski definition) is 2. The summed E-state index contributed by atoms with van der Waals surface area (Å²) in [6.45, 7) is 1.08. The minimum absolute atomic E-state index is 0.142. The molecule has 1 aliphatic rings. The highest BCUT2D eigenvalue weighted by atomic mass is 19.4. The van der Waals surface area contributed by atoms with E-state index >= 15 is 0 Å². The number of carbonyl (C=O) groups excluding carboxylic acids is 1. The number of carbonyl (C=O) groups is 1. The van der Waals surface area contributed by atoms with Gasteiger partial charge in [-0.3, -0.25) is 4.40 Å². The van der Waals surface area contributed by atoms with Crippen LogP contribution in [0.2, 0.25) is 0 Å². The molecule has 1 unspecified atom stereocenters. The van der Waals surface area contributed by atoms with Crippen LogP contribution in [0.5, 0.6) is 0 Å². The Bertz CT molecular complexity index is 978. The second kappa shape index (κ2) is 6.43. The van der Waals surface area contributed by atoms with Gasteiger partial charge in [0.15, 0.2) is 11.3 Å². The zero-order valence-electron chi connectivity index (χ0n) is 14.6. The number of H-pyrrole nitrogens is 1. The fourth-order valence-electron chi connectivity index (χ4n) is 3.89. The molecule has 144 valence electrons. The first-order valence-corrected chi connectivity index (χ1v) is 8.79. The molecule has 3 aromatic rings. The molecule has 0 saturated carbocycles. The van der Waals surface area contributed by atoms with Crippen molar-refractivity contribution in [2.75, 3.05) is 13.1 Å². The SMILES string of the molecule is CC[C@H]1CCN(C(=O)NCC(F)(F)F)C1c1cnc2cnc3[nH]ccc3n12. The summed E-state index contributed by atoms with van der Waals surface area (Å²) in [4.78, 5) is 25.7. The maximum atomic E-state index is 12.5. The minimum atomic E-state index is -4.44. The van der Waals surface area contributed by atoms with Crippen LogP contribution in [0.4, 0.5) is 18.0 Å². The van der Waals surface area contributed by atoms with Crippen molar-refractivity contribution in [3.05, 3.63) is 30.4 Å². The van der Waals surface area contributed by atoms with Crippen LogP contribution in [0.15, 0.2) is 24.7 Å². The predicted molar refractivity (Wildman–Crippen MR) is 92.1 cm³/mol. The van der Waals surface area contributed by atoms with E-state index in [0.29, 0.717) is 17.8 Å². The quantitative estimate of drug-likeness (QED) is 0.732. The third-order valence-corrected chi connectivity index (χ3v) is 5.12. The van der Waals surface area contributed by atoms with Crippen molar-refractivity contribution in [3.63, 3.8) is 0 Å². The first-order valence-electron chi connectivity index (χ1n) is 8.79. The molecule has 1 aliphatic heterocycles. The zero-order valence-corrected chi connectivity index (χ0v) is 14.6. The number of alkyl halides is 3. The van der Waals surface area contributed by atoms with Gasteiger partial charge < -0.3 is 15.2 Å². The molecule has 2 N–H and O–H groups in total.